The first-order valence-corrected chi connectivity index (χ1v) is 7.53. The molecule has 21 heavy (non-hydrogen) atoms. The molecule has 0 atom stereocenters. The van der Waals surface area contributed by atoms with Crippen molar-refractivity contribution >= 4 is 21.7 Å². The fourth-order valence-electron chi connectivity index (χ4n) is 2.29. The van der Waals surface area contributed by atoms with E-state index in [9.17, 15) is 5.26 Å². The lowest BCUT2D eigenvalue weighted by Crippen LogP contribution is -2.45. The van der Waals surface area contributed by atoms with Gasteiger partial charge in [-0.25, -0.2) is 0 Å². The van der Waals surface area contributed by atoms with Crippen LogP contribution in [0.1, 0.15) is 5.69 Å². The van der Waals surface area contributed by atoms with Gasteiger partial charge in [-0.15, -0.1) is 15.0 Å². The van der Waals surface area contributed by atoms with Crippen LogP contribution in [-0.2, 0) is 0 Å². The standard InChI is InChI=1S/C14H15BrN6/c1-19-6-8-20(9-7-19)14-13(10-16)17-21(18-14)12-4-2-11(15)3-5-12/h2-5H,6-9H2,1H3. The molecule has 1 aromatic heterocycles. The lowest BCUT2D eigenvalue weighted by atomic mass is 10.3. The number of halogens is 1. The van der Waals surface area contributed by atoms with E-state index in [1.54, 1.807) is 0 Å². The first kappa shape index (κ1) is 14.0. The van der Waals surface area contributed by atoms with Crippen LogP contribution in [0.4, 0.5) is 5.82 Å². The summed E-state index contributed by atoms with van der Waals surface area (Å²) in [4.78, 5) is 5.92. The van der Waals surface area contributed by atoms with Crippen LogP contribution < -0.4 is 4.90 Å². The molecule has 0 saturated carbocycles. The van der Waals surface area contributed by atoms with E-state index < -0.39 is 0 Å². The average Bonchev–Trinajstić information content (AvgIpc) is 2.93. The second-order valence-electron chi connectivity index (χ2n) is 5.04. The topological polar surface area (TPSA) is 61.0 Å². The predicted octanol–water partition coefficient (Wildman–Crippen LogP) is 1.65. The minimum Gasteiger partial charge on any atom is -0.350 e. The van der Waals surface area contributed by atoms with Gasteiger partial charge >= 0.3 is 0 Å². The first-order valence-electron chi connectivity index (χ1n) is 6.74. The number of aromatic nitrogens is 3. The fraction of sp³-hybridized carbons (Fsp3) is 0.357. The Morgan fingerprint density at radius 1 is 1.10 bits per heavy atom. The molecule has 1 aromatic carbocycles. The van der Waals surface area contributed by atoms with Crippen molar-refractivity contribution < 1.29 is 0 Å². The molecule has 2 aromatic rings. The SMILES string of the molecule is CN1CCN(c2nn(-c3ccc(Br)cc3)nc2C#N)CC1. The molecule has 3 rings (SSSR count). The van der Waals surface area contributed by atoms with E-state index in [-0.39, 0.29) is 0 Å². The van der Waals surface area contributed by atoms with Crippen LogP contribution in [0, 0.1) is 11.3 Å². The smallest absolute Gasteiger partial charge is 0.207 e. The number of nitrogens with zero attached hydrogens (tertiary/aromatic N) is 6. The second-order valence-corrected chi connectivity index (χ2v) is 5.96. The zero-order valence-electron chi connectivity index (χ0n) is 11.7. The summed E-state index contributed by atoms with van der Waals surface area (Å²) in [5, 5.41) is 18.1. The third kappa shape index (κ3) is 2.91. The molecule has 1 aliphatic heterocycles. The zero-order chi connectivity index (χ0) is 14.8. The summed E-state index contributed by atoms with van der Waals surface area (Å²) in [5.74, 6) is 0.675. The number of rotatable bonds is 2. The second kappa shape index (κ2) is 5.84. The summed E-state index contributed by atoms with van der Waals surface area (Å²) in [6.45, 7) is 3.67. The largest absolute Gasteiger partial charge is 0.350 e. The van der Waals surface area contributed by atoms with Crippen LogP contribution in [-0.4, -0.2) is 53.1 Å². The molecule has 2 heterocycles. The van der Waals surface area contributed by atoms with Gasteiger partial charge in [0.15, 0.2) is 5.82 Å². The maximum absolute atomic E-state index is 9.30. The molecule has 6 nitrogen and oxygen atoms in total. The number of piperazine rings is 1. The summed E-state index contributed by atoms with van der Waals surface area (Å²) in [6.07, 6.45) is 0. The van der Waals surface area contributed by atoms with Crippen LogP contribution in [0.15, 0.2) is 28.7 Å². The van der Waals surface area contributed by atoms with Gasteiger partial charge in [0, 0.05) is 30.7 Å². The van der Waals surface area contributed by atoms with E-state index >= 15 is 0 Å². The number of benzene rings is 1. The van der Waals surface area contributed by atoms with Crippen molar-refractivity contribution in [1.82, 2.24) is 19.9 Å². The Kier molecular flexibility index (Phi) is 3.90. The van der Waals surface area contributed by atoms with Gasteiger partial charge in [-0.1, -0.05) is 15.9 Å². The molecule has 1 fully saturated rings. The highest BCUT2D eigenvalue weighted by molar-refractivity contribution is 9.10. The molecule has 1 aliphatic rings. The number of hydrogen-bond acceptors (Lipinski definition) is 5. The first-order chi connectivity index (χ1) is 10.2. The Bertz CT molecular complexity index is 664. The molecule has 0 radical (unpaired) electrons. The normalized spacial score (nSPS) is 16.0. The Morgan fingerprint density at radius 3 is 2.38 bits per heavy atom. The Hall–Kier alpha value is -1.91. The van der Waals surface area contributed by atoms with E-state index in [0.717, 1.165) is 36.3 Å². The van der Waals surface area contributed by atoms with Gasteiger partial charge in [-0.3, -0.25) is 0 Å². The Balaban J connectivity index is 1.91. The molecule has 0 amide bonds. The maximum Gasteiger partial charge on any atom is 0.207 e. The van der Waals surface area contributed by atoms with Crippen LogP contribution in [0.3, 0.4) is 0 Å². The third-order valence-corrected chi connectivity index (χ3v) is 4.09. The quantitative estimate of drug-likeness (QED) is 0.827. The van der Waals surface area contributed by atoms with Crippen molar-refractivity contribution in [3.63, 3.8) is 0 Å². The van der Waals surface area contributed by atoms with Crippen LogP contribution in [0.5, 0.6) is 0 Å². The maximum atomic E-state index is 9.30. The van der Waals surface area contributed by atoms with Crippen LogP contribution in [0.2, 0.25) is 0 Å². The molecule has 0 spiro atoms. The van der Waals surface area contributed by atoms with E-state index in [1.165, 1.54) is 4.80 Å². The van der Waals surface area contributed by atoms with Gasteiger partial charge < -0.3 is 9.80 Å². The minimum atomic E-state index is 0.377. The molecule has 0 N–H and O–H groups in total. The zero-order valence-corrected chi connectivity index (χ0v) is 13.3. The highest BCUT2D eigenvalue weighted by atomic mass is 79.9. The fourth-order valence-corrected chi connectivity index (χ4v) is 2.56. The van der Waals surface area contributed by atoms with Crippen molar-refractivity contribution in [3.05, 3.63) is 34.4 Å². The molecular formula is C14H15BrN6. The number of anilines is 1. The van der Waals surface area contributed by atoms with Crippen molar-refractivity contribution in [1.29, 1.82) is 5.26 Å². The number of likely N-dealkylation sites (N-methyl/N-ethyl adjacent to an activating group) is 1. The van der Waals surface area contributed by atoms with Crippen molar-refractivity contribution in [2.45, 2.75) is 0 Å². The van der Waals surface area contributed by atoms with E-state index in [0.29, 0.717) is 11.5 Å². The van der Waals surface area contributed by atoms with E-state index in [2.05, 4.69) is 49.0 Å². The molecule has 0 bridgehead atoms. The van der Waals surface area contributed by atoms with Gasteiger partial charge in [0.1, 0.15) is 6.07 Å². The van der Waals surface area contributed by atoms with Crippen molar-refractivity contribution in [3.8, 4) is 11.8 Å². The van der Waals surface area contributed by atoms with Gasteiger partial charge in [-0.05, 0) is 31.3 Å². The van der Waals surface area contributed by atoms with Crippen molar-refractivity contribution in [2.75, 3.05) is 38.1 Å². The molecule has 108 valence electrons. The molecular weight excluding hydrogens is 332 g/mol. The van der Waals surface area contributed by atoms with Crippen molar-refractivity contribution in [2.24, 2.45) is 0 Å². The predicted molar refractivity (Wildman–Crippen MR) is 83.5 cm³/mol. The lowest BCUT2D eigenvalue weighted by molar-refractivity contribution is 0.312. The van der Waals surface area contributed by atoms with Crippen LogP contribution in [0.25, 0.3) is 5.69 Å². The van der Waals surface area contributed by atoms with E-state index in [1.807, 2.05) is 24.3 Å². The van der Waals surface area contributed by atoms with Gasteiger partial charge in [0.05, 0.1) is 5.69 Å². The summed E-state index contributed by atoms with van der Waals surface area (Å²) in [5.41, 5.74) is 1.22. The Labute approximate surface area is 131 Å². The summed E-state index contributed by atoms with van der Waals surface area (Å²) in [6, 6.07) is 9.84. The lowest BCUT2D eigenvalue weighted by Gasteiger charge is -2.32. The summed E-state index contributed by atoms with van der Waals surface area (Å²) >= 11 is 3.40. The molecule has 1 saturated heterocycles. The monoisotopic (exact) mass is 346 g/mol. The minimum absolute atomic E-state index is 0.377. The van der Waals surface area contributed by atoms with E-state index in [4.69, 9.17) is 0 Å². The number of nitriles is 1. The molecule has 0 unspecified atom stereocenters. The van der Waals surface area contributed by atoms with Crippen LogP contribution >= 0.6 is 15.9 Å². The van der Waals surface area contributed by atoms with Gasteiger partial charge in [0.2, 0.25) is 5.69 Å². The van der Waals surface area contributed by atoms with Gasteiger partial charge in [-0.2, -0.15) is 5.26 Å². The summed E-state index contributed by atoms with van der Waals surface area (Å²) in [7, 11) is 2.10. The van der Waals surface area contributed by atoms with Gasteiger partial charge in [0.25, 0.3) is 0 Å². The third-order valence-electron chi connectivity index (χ3n) is 3.56. The molecule has 7 heteroatoms. The highest BCUT2D eigenvalue weighted by Crippen LogP contribution is 2.19. The molecule has 0 aliphatic carbocycles. The number of hydrogen-bond donors (Lipinski definition) is 0. The summed E-state index contributed by atoms with van der Waals surface area (Å²) < 4.78 is 0.998. The Morgan fingerprint density at radius 2 is 1.76 bits per heavy atom. The highest BCUT2D eigenvalue weighted by Gasteiger charge is 2.21. The average molecular weight is 347 g/mol.